The molecule has 1 saturated heterocycles. The number of rotatable bonds is 5. The van der Waals surface area contributed by atoms with E-state index in [0.717, 1.165) is 36.6 Å². The van der Waals surface area contributed by atoms with Crippen LogP contribution in [0, 0.1) is 6.92 Å². The number of aryl methyl sites for hydroxylation is 1. The van der Waals surface area contributed by atoms with Gasteiger partial charge >= 0.3 is 0 Å². The Morgan fingerprint density at radius 1 is 1.69 bits per heavy atom. The first-order valence-corrected chi connectivity index (χ1v) is 6.66. The maximum Gasteiger partial charge on any atom is 0.138 e. The van der Waals surface area contributed by atoms with Crippen LogP contribution in [-0.2, 0) is 16.0 Å². The Morgan fingerprint density at radius 2 is 2.56 bits per heavy atom. The minimum atomic E-state index is 0.279. The van der Waals surface area contributed by atoms with E-state index in [1.807, 2.05) is 12.3 Å². The van der Waals surface area contributed by atoms with Crippen molar-refractivity contribution in [2.75, 3.05) is 6.61 Å². The topological polar surface area (TPSA) is 39.2 Å². The smallest absolute Gasteiger partial charge is 0.138 e. The third-order valence-corrected chi connectivity index (χ3v) is 3.64. The summed E-state index contributed by atoms with van der Waals surface area (Å²) in [6, 6.07) is 0. The van der Waals surface area contributed by atoms with Crippen LogP contribution in [0.2, 0.25) is 0 Å². The highest BCUT2D eigenvalue weighted by Gasteiger charge is 2.17. The van der Waals surface area contributed by atoms with Gasteiger partial charge in [0.05, 0.1) is 16.8 Å². The molecule has 4 heteroatoms. The first kappa shape index (κ1) is 11.7. The molecule has 1 unspecified atom stereocenters. The number of thiazole rings is 1. The summed E-state index contributed by atoms with van der Waals surface area (Å²) in [6.45, 7) is 2.83. The van der Waals surface area contributed by atoms with Gasteiger partial charge in [-0.25, -0.2) is 4.98 Å². The average molecular weight is 239 g/mol. The molecule has 0 amide bonds. The summed E-state index contributed by atoms with van der Waals surface area (Å²) in [5, 5.41) is 3.00. The van der Waals surface area contributed by atoms with Gasteiger partial charge < -0.3 is 4.74 Å². The molecule has 88 valence electrons. The van der Waals surface area contributed by atoms with Gasteiger partial charge in [-0.3, -0.25) is 4.79 Å². The largest absolute Gasteiger partial charge is 0.378 e. The Morgan fingerprint density at radius 3 is 3.19 bits per heavy atom. The first-order valence-electron chi connectivity index (χ1n) is 5.78. The number of hydrogen-bond acceptors (Lipinski definition) is 4. The van der Waals surface area contributed by atoms with Crippen molar-refractivity contribution in [2.45, 2.75) is 45.1 Å². The van der Waals surface area contributed by atoms with E-state index in [9.17, 15) is 4.79 Å². The van der Waals surface area contributed by atoms with E-state index in [-0.39, 0.29) is 5.78 Å². The molecule has 0 N–H and O–H groups in total. The Kier molecular flexibility index (Phi) is 4.07. The van der Waals surface area contributed by atoms with Gasteiger partial charge in [-0.1, -0.05) is 0 Å². The van der Waals surface area contributed by atoms with Gasteiger partial charge in [0, 0.05) is 24.8 Å². The van der Waals surface area contributed by atoms with E-state index < -0.39 is 0 Å². The molecule has 0 bridgehead atoms. The maximum atomic E-state index is 11.7. The van der Waals surface area contributed by atoms with E-state index in [4.69, 9.17) is 4.74 Å². The molecule has 1 aliphatic rings. The molecular formula is C12H17NO2S. The normalized spacial score (nSPS) is 20.2. The predicted octanol–water partition coefficient (Wildman–Crippen LogP) is 2.52. The molecule has 0 radical (unpaired) electrons. The molecule has 16 heavy (non-hydrogen) atoms. The van der Waals surface area contributed by atoms with Crippen LogP contribution in [0.5, 0.6) is 0 Å². The Bertz CT molecular complexity index is 356. The van der Waals surface area contributed by atoms with Gasteiger partial charge in [0.25, 0.3) is 0 Å². The van der Waals surface area contributed by atoms with Crippen molar-refractivity contribution in [3.8, 4) is 0 Å². The number of carbonyl (C=O) groups is 1. The average Bonchev–Trinajstić information content (AvgIpc) is 2.87. The molecular weight excluding hydrogens is 222 g/mol. The SMILES string of the molecule is Cc1nc(CC(=O)CCC2CCCO2)cs1. The molecule has 1 fully saturated rings. The maximum absolute atomic E-state index is 11.7. The highest BCUT2D eigenvalue weighted by Crippen LogP contribution is 2.17. The third kappa shape index (κ3) is 3.39. The predicted molar refractivity (Wildman–Crippen MR) is 63.8 cm³/mol. The summed E-state index contributed by atoms with van der Waals surface area (Å²) < 4.78 is 5.49. The Labute approximate surface area is 99.8 Å². The summed E-state index contributed by atoms with van der Waals surface area (Å²) in [6.07, 6.45) is 4.56. The lowest BCUT2D eigenvalue weighted by molar-refractivity contribution is -0.119. The number of Topliss-reactive ketones (excluding diaryl/α,β-unsaturated/α-hetero) is 1. The molecule has 0 spiro atoms. The van der Waals surface area contributed by atoms with Gasteiger partial charge in [-0.2, -0.15) is 0 Å². The van der Waals surface area contributed by atoms with E-state index >= 15 is 0 Å². The van der Waals surface area contributed by atoms with Crippen LogP contribution in [0.15, 0.2) is 5.38 Å². The summed E-state index contributed by atoms with van der Waals surface area (Å²) in [7, 11) is 0. The highest BCUT2D eigenvalue weighted by molar-refractivity contribution is 7.09. The lowest BCUT2D eigenvalue weighted by Gasteiger charge is -2.07. The van der Waals surface area contributed by atoms with Crippen molar-refractivity contribution in [1.29, 1.82) is 0 Å². The van der Waals surface area contributed by atoms with Crippen LogP contribution < -0.4 is 0 Å². The monoisotopic (exact) mass is 239 g/mol. The zero-order valence-electron chi connectivity index (χ0n) is 9.57. The van der Waals surface area contributed by atoms with Crippen molar-refractivity contribution >= 4 is 17.1 Å². The Balaban J connectivity index is 1.71. The molecule has 0 aliphatic carbocycles. The molecule has 1 aromatic heterocycles. The minimum Gasteiger partial charge on any atom is -0.378 e. The number of ether oxygens (including phenoxy) is 1. The fraction of sp³-hybridized carbons (Fsp3) is 0.667. The number of nitrogens with zero attached hydrogens (tertiary/aromatic N) is 1. The minimum absolute atomic E-state index is 0.279. The molecule has 1 aromatic rings. The number of ketones is 1. The van der Waals surface area contributed by atoms with Gasteiger partial charge in [-0.05, 0) is 26.2 Å². The van der Waals surface area contributed by atoms with Crippen molar-refractivity contribution in [2.24, 2.45) is 0 Å². The van der Waals surface area contributed by atoms with E-state index in [2.05, 4.69) is 4.98 Å². The molecule has 2 heterocycles. The molecule has 0 aromatic carbocycles. The fourth-order valence-electron chi connectivity index (χ4n) is 1.97. The van der Waals surface area contributed by atoms with Gasteiger partial charge in [0.15, 0.2) is 0 Å². The third-order valence-electron chi connectivity index (χ3n) is 2.81. The fourth-order valence-corrected chi connectivity index (χ4v) is 2.59. The number of carbonyl (C=O) groups excluding carboxylic acids is 1. The second kappa shape index (κ2) is 5.55. The molecule has 1 aliphatic heterocycles. The lowest BCUT2D eigenvalue weighted by Crippen LogP contribution is -2.10. The van der Waals surface area contributed by atoms with Crippen LogP contribution >= 0.6 is 11.3 Å². The molecule has 2 rings (SSSR count). The van der Waals surface area contributed by atoms with Crippen LogP contribution in [0.3, 0.4) is 0 Å². The molecule has 0 saturated carbocycles. The zero-order chi connectivity index (χ0) is 11.4. The van der Waals surface area contributed by atoms with Crippen molar-refractivity contribution in [3.63, 3.8) is 0 Å². The number of aromatic nitrogens is 1. The zero-order valence-corrected chi connectivity index (χ0v) is 10.4. The van der Waals surface area contributed by atoms with Crippen LogP contribution in [0.25, 0.3) is 0 Å². The quantitative estimate of drug-likeness (QED) is 0.792. The highest BCUT2D eigenvalue weighted by atomic mass is 32.1. The van der Waals surface area contributed by atoms with E-state index in [1.165, 1.54) is 0 Å². The van der Waals surface area contributed by atoms with Gasteiger partial charge in [0.2, 0.25) is 0 Å². The summed E-state index contributed by atoms with van der Waals surface area (Å²) in [5.74, 6) is 0.279. The van der Waals surface area contributed by atoms with E-state index in [1.54, 1.807) is 11.3 Å². The van der Waals surface area contributed by atoms with Crippen LogP contribution in [0.1, 0.15) is 36.4 Å². The second-order valence-electron chi connectivity index (χ2n) is 4.25. The van der Waals surface area contributed by atoms with Crippen molar-refractivity contribution < 1.29 is 9.53 Å². The Hall–Kier alpha value is -0.740. The number of hydrogen-bond donors (Lipinski definition) is 0. The van der Waals surface area contributed by atoms with Gasteiger partial charge in [-0.15, -0.1) is 11.3 Å². The second-order valence-corrected chi connectivity index (χ2v) is 5.31. The van der Waals surface area contributed by atoms with Crippen LogP contribution in [0.4, 0.5) is 0 Å². The van der Waals surface area contributed by atoms with Crippen molar-refractivity contribution in [3.05, 3.63) is 16.1 Å². The summed E-state index contributed by atoms with van der Waals surface area (Å²) >= 11 is 1.60. The lowest BCUT2D eigenvalue weighted by atomic mass is 10.1. The summed E-state index contributed by atoms with van der Waals surface area (Å²) in [4.78, 5) is 16.0. The van der Waals surface area contributed by atoms with Gasteiger partial charge in [0.1, 0.15) is 5.78 Å². The van der Waals surface area contributed by atoms with Crippen LogP contribution in [-0.4, -0.2) is 23.5 Å². The standard InChI is InChI=1S/C12H17NO2S/c1-9-13-10(8-16-9)7-11(14)4-5-12-3-2-6-15-12/h8,12H,2-7H2,1H3. The molecule has 1 atom stereocenters. The summed E-state index contributed by atoms with van der Waals surface area (Å²) in [5.41, 5.74) is 0.917. The van der Waals surface area contributed by atoms with Crippen molar-refractivity contribution in [1.82, 2.24) is 4.98 Å². The first-order chi connectivity index (χ1) is 7.74. The van der Waals surface area contributed by atoms with E-state index in [0.29, 0.717) is 18.9 Å². The molecule has 3 nitrogen and oxygen atoms in total.